The Bertz CT molecular complexity index is 886. The Morgan fingerprint density at radius 1 is 1.11 bits per heavy atom. The number of likely N-dealkylation sites (tertiary alicyclic amines) is 1. The maximum Gasteiger partial charge on any atom is 0.220 e. The van der Waals surface area contributed by atoms with Crippen molar-refractivity contribution in [1.82, 2.24) is 4.90 Å². The van der Waals surface area contributed by atoms with Gasteiger partial charge in [-0.1, -0.05) is 63.2 Å². The van der Waals surface area contributed by atoms with Crippen LogP contribution in [0.3, 0.4) is 0 Å². The Morgan fingerprint density at radius 2 is 1.79 bits per heavy atom. The van der Waals surface area contributed by atoms with E-state index in [1.54, 1.807) is 0 Å². The molecule has 0 saturated carbocycles. The predicted molar refractivity (Wildman–Crippen MR) is 114 cm³/mol. The van der Waals surface area contributed by atoms with Gasteiger partial charge in [0, 0.05) is 12.0 Å². The van der Waals surface area contributed by atoms with Gasteiger partial charge in [-0.05, 0) is 54.1 Å². The first kappa shape index (κ1) is 20.1. The van der Waals surface area contributed by atoms with Gasteiger partial charge < -0.3 is 4.85 Å². The summed E-state index contributed by atoms with van der Waals surface area (Å²) in [7, 11) is 0. The van der Waals surface area contributed by atoms with E-state index in [1.165, 1.54) is 5.56 Å². The SMILES string of the molecule is [C-]#[N+]CC1(C(C)(C)C)CCN(Cc2ccc(-c3ccccc3)c(C#N)c2)CC1. The Kier molecular flexibility index (Phi) is 5.87. The highest BCUT2D eigenvalue weighted by Gasteiger charge is 2.46. The molecule has 1 heterocycles. The Labute approximate surface area is 169 Å². The van der Waals surface area contributed by atoms with Gasteiger partial charge in [0.05, 0.1) is 11.6 Å². The Hall–Kier alpha value is -2.62. The van der Waals surface area contributed by atoms with E-state index in [-0.39, 0.29) is 10.8 Å². The first-order valence-electron chi connectivity index (χ1n) is 10.0. The number of nitrogens with zero attached hydrogens (tertiary/aromatic N) is 3. The van der Waals surface area contributed by atoms with E-state index in [0.29, 0.717) is 6.54 Å². The van der Waals surface area contributed by atoms with Crippen LogP contribution in [0.1, 0.15) is 44.7 Å². The van der Waals surface area contributed by atoms with Crippen molar-refractivity contribution in [3.05, 3.63) is 71.1 Å². The van der Waals surface area contributed by atoms with Crippen molar-refractivity contribution in [2.45, 2.75) is 40.2 Å². The third kappa shape index (κ3) is 4.11. The maximum absolute atomic E-state index is 9.64. The lowest BCUT2D eigenvalue weighted by molar-refractivity contribution is 0.0173. The molecule has 0 aromatic heterocycles. The van der Waals surface area contributed by atoms with Gasteiger partial charge in [0.2, 0.25) is 6.54 Å². The number of rotatable bonds is 4. The monoisotopic (exact) mass is 371 g/mol. The largest absolute Gasteiger partial charge is 0.316 e. The fourth-order valence-electron chi connectivity index (χ4n) is 4.35. The van der Waals surface area contributed by atoms with Gasteiger partial charge in [-0.25, -0.2) is 6.57 Å². The highest BCUT2D eigenvalue weighted by Crippen LogP contribution is 2.47. The molecule has 1 aliphatic heterocycles. The van der Waals surface area contributed by atoms with E-state index in [0.717, 1.165) is 49.2 Å². The van der Waals surface area contributed by atoms with Crippen LogP contribution in [0.15, 0.2) is 48.5 Å². The quantitative estimate of drug-likeness (QED) is 0.639. The third-order valence-corrected chi connectivity index (χ3v) is 6.48. The molecule has 3 rings (SSSR count). The van der Waals surface area contributed by atoms with Crippen LogP contribution in [-0.2, 0) is 6.54 Å². The Morgan fingerprint density at radius 3 is 2.36 bits per heavy atom. The third-order valence-electron chi connectivity index (χ3n) is 6.48. The summed E-state index contributed by atoms with van der Waals surface area (Å²) in [6.45, 7) is 17.7. The molecule has 0 atom stereocenters. The average molecular weight is 372 g/mol. The van der Waals surface area contributed by atoms with E-state index in [1.807, 2.05) is 36.4 Å². The number of hydrogen-bond donors (Lipinski definition) is 0. The van der Waals surface area contributed by atoms with Crippen LogP contribution in [-0.4, -0.2) is 24.5 Å². The molecule has 0 aliphatic carbocycles. The predicted octanol–water partition coefficient (Wildman–Crippen LogP) is 5.77. The summed E-state index contributed by atoms with van der Waals surface area (Å²) in [6.07, 6.45) is 2.12. The minimum atomic E-state index is 0.111. The normalized spacial score (nSPS) is 16.9. The maximum atomic E-state index is 9.64. The van der Waals surface area contributed by atoms with Crippen LogP contribution in [0.4, 0.5) is 0 Å². The first-order valence-corrected chi connectivity index (χ1v) is 10.0. The van der Waals surface area contributed by atoms with Gasteiger partial charge in [-0.3, -0.25) is 4.90 Å². The molecule has 0 unspecified atom stereocenters. The number of piperidine rings is 1. The van der Waals surface area contributed by atoms with E-state index >= 15 is 0 Å². The molecule has 144 valence electrons. The zero-order valence-corrected chi connectivity index (χ0v) is 17.2. The number of nitriles is 1. The van der Waals surface area contributed by atoms with Gasteiger partial charge >= 0.3 is 0 Å². The smallest absolute Gasteiger partial charge is 0.220 e. The molecular weight excluding hydrogens is 342 g/mol. The van der Waals surface area contributed by atoms with Crippen molar-refractivity contribution in [2.24, 2.45) is 10.8 Å². The van der Waals surface area contributed by atoms with Gasteiger partial charge in [-0.15, -0.1) is 0 Å². The molecule has 2 aromatic rings. The van der Waals surface area contributed by atoms with Crippen LogP contribution >= 0.6 is 0 Å². The molecule has 3 heteroatoms. The van der Waals surface area contributed by atoms with E-state index in [9.17, 15) is 5.26 Å². The van der Waals surface area contributed by atoms with Crippen molar-refractivity contribution in [1.29, 1.82) is 5.26 Å². The Balaban J connectivity index is 1.72. The highest BCUT2D eigenvalue weighted by molar-refractivity contribution is 5.70. The molecule has 0 radical (unpaired) electrons. The molecule has 2 aromatic carbocycles. The second-order valence-electron chi connectivity index (χ2n) is 8.98. The molecule has 0 spiro atoms. The van der Waals surface area contributed by atoms with E-state index in [4.69, 9.17) is 6.57 Å². The molecule has 1 fully saturated rings. The van der Waals surface area contributed by atoms with Gasteiger partial charge in [-0.2, -0.15) is 5.26 Å². The molecule has 1 saturated heterocycles. The van der Waals surface area contributed by atoms with Crippen molar-refractivity contribution < 1.29 is 0 Å². The lowest BCUT2D eigenvalue weighted by Gasteiger charge is -2.46. The fraction of sp³-hybridized carbons (Fsp3) is 0.440. The molecule has 28 heavy (non-hydrogen) atoms. The topological polar surface area (TPSA) is 31.4 Å². The summed E-state index contributed by atoms with van der Waals surface area (Å²) in [6, 6.07) is 18.7. The molecule has 0 amide bonds. The zero-order valence-electron chi connectivity index (χ0n) is 17.2. The minimum Gasteiger partial charge on any atom is -0.316 e. The van der Waals surface area contributed by atoms with Crippen LogP contribution in [0, 0.1) is 28.7 Å². The van der Waals surface area contributed by atoms with Gasteiger partial charge in [0.25, 0.3) is 0 Å². The minimum absolute atomic E-state index is 0.111. The van der Waals surface area contributed by atoms with Crippen LogP contribution in [0.2, 0.25) is 0 Å². The number of hydrogen-bond acceptors (Lipinski definition) is 2. The zero-order chi connectivity index (χ0) is 20.2. The van der Waals surface area contributed by atoms with Crippen LogP contribution < -0.4 is 0 Å². The second kappa shape index (κ2) is 8.17. The highest BCUT2D eigenvalue weighted by atomic mass is 15.1. The summed E-state index contributed by atoms with van der Waals surface area (Å²) >= 11 is 0. The van der Waals surface area contributed by atoms with Crippen molar-refractivity contribution in [3.63, 3.8) is 0 Å². The first-order chi connectivity index (χ1) is 13.4. The lowest BCUT2D eigenvalue weighted by atomic mass is 9.61. The molecular formula is C25H29N3. The molecule has 0 bridgehead atoms. The molecule has 1 aliphatic rings. The fourth-order valence-corrected chi connectivity index (χ4v) is 4.35. The van der Waals surface area contributed by atoms with Crippen molar-refractivity contribution in [3.8, 4) is 17.2 Å². The number of benzene rings is 2. The van der Waals surface area contributed by atoms with Crippen molar-refractivity contribution in [2.75, 3.05) is 19.6 Å². The van der Waals surface area contributed by atoms with Gasteiger partial charge in [0.15, 0.2) is 0 Å². The summed E-state index contributed by atoms with van der Waals surface area (Å²) in [5.41, 5.74) is 4.25. The standard InChI is InChI=1S/C25H29N3/c1-24(2,3)25(19-27-4)12-14-28(15-13-25)18-20-10-11-23(22(16-20)17-26)21-8-6-5-7-9-21/h5-11,16H,12-15,18-19H2,1-3H3. The second-order valence-corrected chi connectivity index (χ2v) is 8.98. The lowest BCUT2D eigenvalue weighted by Crippen LogP contribution is -2.47. The summed E-state index contributed by atoms with van der Waals surface area (Å²) in [5, 5.41) is 9.64. The van der Waals surface area contributed by atoms with E-state index < -0.39 is 0 Å². The van der Waals surface area contributed by atoms with E-state index in [2.05, 4.69) is 48.7 Å². The van der Waals surface area contributed by atoms with Crippen LogP contribution in [0.5, 0.6) is 0 Å². The van der Waals surface area contributed by atoms with Gasteiger partial charge in [0.1, 0.15) is 0 Å². The average Bonchev–Trinajstić information content (AvgIpc) is 2.69. The molecule has 0 N–H and O–H groups in total. The van der Waals surface area contributed by atoms with Crippen molar-refractivity contribution >= 4 is 0 Å². The van der Waals surface area contributed by atoms with Crippen LogP contribution in [0.25, 0.3) is 16.0 Å². The summed E-state index contributed by atoms with van der Waals surface area (Å²) in [4.78, 5) is 6.23. The summed E-state index contributed by atoms with van der Waals surface area (Å²) in [5.74, 6) is 0. The molecule has 3 nitrogen and oxygen atoms in total. The summed E-state index contributed by atoms with van der Waals surface area (Å²) < 4.78 is 0.